The Morgan fingerprint density at radius 2 is 1.83 bits per heavy atom. The summed E-state index contributed by atoms with van der Waals surface area (Å²) in [5.74, 6) is -5.41. The van der Waals surface area contributed by atoms with E-state index >= 15 is 0 Å². The van der Waals surface area contributed by atoms with Gasteiger partial charge < -0.3 is 24.4 Å². The number of aryl methyl sites for hydroxylation is 1. The van der Waals surface area contributed by atoms with Crippen LogP contribution in [0.3, 0.4) is 0 Å². The molecule has 15 nitrogen and oxygen atoms in total. The van der Waals surface area contributed by atoms with E-state index in [1.807, 2.05) is 44.2 Å². The van der Waals surface area contributed by atoms with Crippen molar-refractivity contribution in [2.45, 2.75) is 139 Å². The number of carbonyl (C=O) groups excluding carboxylic acids is 4. The quantitative estimate of drug-likeness (QED) is 0.200. The molecule has 5 aliphatic rings. The number of sulfonamides is 1. The summed E-state index contributed by atoms with van der Waals surface area (Å²) < 4.78 is 73.7. The van der Waals surface area contributed by atoms with E-state index in [9.17, 15) is 36.4 Å². The van der Waals surface area contributed by atoms with Crippen LogP contribution in [0.2, 0.25) is 0 Å². The summed E-state index contributed by atoms with van der Waals surface area (Å²) in [7, 11) is -4.05. The smallest absolute Gasteiger partial charge is 0.422 e. The number of hydrazine groups is 1. The van der Waals surface area contributed by atoms with Crippen molar-refractivity contribution in [3.05, 3.63) is 42.1 Å². The first kappa shape index (κ1) is 43.5. The lowest BCUT2D eigenvalue weighted by Crippen LogP contribution is -2.61. The molecule has 0 spiro atoms. The van der Waals surface area contributed by atoms with Crippen LogP contribution in [0.1, 0.15) is 98.5 Å². The number of ether oxygens (including phenoxy) is 3. The summed E-state index contributed by atoms with van der Waals surface area (Å²) in [6.07, 6.45) is 7.82. The van der Waals surface area contributed by atoms with E-state index in [2.05, 4.69) is 25.9 Å². The molecule has 2 aliphatic carbocycles. The van der Waals surface area contributed by atoms with Crippen LogP contribution in [0.4, 0.5) is 13.6 Å². The fraction of sp³-hybridized carbons (Fsp3) is 0.643. The number of rotatable bonds is 9. The number of pyridine rings is 1. The van der Waals surface area contributed by atoms with Gasteiger partial charge in [-0.2, -0.15) is 0 Å². The Hall–Kier alpha value is -4.58. The third-order valence-electron chi connectivity index (χ3n) is 13.0. The Morgan fingerprint density at radius 3 is 2.55 bits per heavy atom. The molecule has 2 aromatic rings. The van der Waals surface area contributed by atoms with Crippen molar-refractivity contribution < 1.29 is 50.6 Å². The van der Waals surface area contributed by atoms with E-state index in [0.717, 1.165) is 43.4 Å². The Bertz CT molecular complexity index is 2180. The maximum atomic E-state index is 14.9. The van der Waals surface area contributed by atoms with Gasteiger partial charge >= 0.3 is 6.09 Å². The minimum Gasteiger partial charge on any atom is -0.493 e. The molecule has 0 radical (unpaired) electrons. The first-order valence-electron chi connectivity index (χ1n) is 20.8. The van der Waals surface area contributed by atoms with Gasteiger partial charge in [-0.3, -0.25) is 24.5 Å². The normalized spacial score (nSPS) is 29.9. The van der Waals surface area contributed by atoms with Crippen molar-refractivity contribution in [1.29, 1.82) is 0 Å². The minimum absolute atomic E-state index is 0.0294. The summed E-state index contributed by atoms with van der Waals surface area (Å²) in [6.45, 7) is 8.63. The van der Waals surface area contributed by atoms with Gasteiger partial charge in [0.25, 0.3) is 11.8 Å². The molecule has 1 aromatic heterocycles. The molecular weight excluding hydrogens is 803 g/mol. The van der Waals surface area contributed by atoms with Crippen LogP contribution in [-0.4, -0.2) is 95.3 Å². The van der Waals surface area contributed by atoms with Crippen molar-refractivity contribution in [2.24, 2.45) is 17.8 Å². The summed E-state index contributed by atoms with van der Waals surface area (Å²) in [5.41, 5.74) is 2.33. The molecule has 2 saturated carbocycles. The zero-order valence-electron chi connectivity index (χ0n) is 34.9. The number of halogens is 2. The molecule has 4 N–H and O–H groups in total. The topological polar surface area (TPSA) is 194 Å². The first-order chi connectivity index (χ1) is 28.1. The maximum absolute atomic E-state index is 14.9. The second-order valence-electron chi connectivity index (χ2n) is 18.2. The molecule has 18 heteroatoms. The zero-order valence-corrected chi connectivity index (χ0v) is 35.8. The van der Waals surface area contributed by atoms with E-state index in [-0.39, 0.29) is 31.2 Å². The van der Waals surface area contributed by atoms with Gasteiger partial charge in [0.2, 0.25) is 27.7 Å². The number of allylic oxidation sites excluding steroid dienone is 1. The second-order valence-corrected chi connectivity index (χ2v) is 20.4. The standard InChI is InChI=1S/C42H56F2N6O9S/c1-24-10-7-8-12-27-22-42(27,37(53)49-60(55,56)40(5)16-17-40)46-34(51)31-21-28(58-35-30-14-13-26-11-9-19-57-33(26)29(30)15-18-45-35)23-50(31)36(52)32(25(2)20-24)47-48-38(54)59-39(3,4)41(6,43)44/h8,12-15,18,24-25,27-28,31-32,47H,7,9-11,16-17,19-23H2,1-6H3,(H,46,51)(H,48,54)(H,49,53)/b12-8-/t24-,25-,27-,28-,31+,32+,42-/m1/s1. The fourth-order valence-corrected chi connectivity index (χ4v) is 9.69. The monoisotopic (exact) mass is 858 g/mol. The number of fused-ring (bicyclic) bond motifs is 5. The van der Waals surface area contributed by atoms with E-state index in [1.54, 1.807) is 13.1 Å². The summed E-state index contributed by atoms with van der Waals surface area (Å²) in [4.78, 5) is 62.2. The van der Waals surface area contributed by atoms with Gasteiger partial charge in [-0.15, -0.1) is 0 Å². The first-order valence-corrected chi connectivity index (χ1v) is 22.3. The van der Waals surface area contributed by atoms with Gasteiger partial charge in [0.05, 0.1) is 17.9 Å². The molecule has 7 atom stereocenters. The molecule has 0 unspecified atom stereocenters. The second kappa shape index (κ2) is 16.0. The van der Waals surface area contributed by atoms with E-state index < -0.39 is 85.7 Å². The van der Waals surface area contributed by atoms with Gasteiger partial charge in [-0.25, -0.2) is 32.4 Å². The van der Waals surface area contributed by atoms with E-state index in [0.29, 0.717) is 51.0 Å². The lowest BCUT2D eigenvalue weighted by Gasteiger charge is -2.34. The number of hydrogen-bond donors (Lipinski definition) is 4. The molecule has 0 bridgehead atoms. The van der Waals surface area contributed by atoms with Crippen LogP contribution in [0.25, 0.3) is 10.8 Å². The molecule has 60 heavy (non-hydrogen) atoms. The van der Waals surface area contributed by atoms with Crippen molar-refractivity contribution >= 4 is 44.6 Å². The van der Waals surface area contributed by atoms with E-state index in [4.69, 9.17) is 14.2 Å². The predicted octanol–water partition coefficient (Wildman–Crippen LogP) is 4.83. The lowest BCUT2D eigenvalue weighted by molar-refractivity contribution is -0.151. The van der Waals surface area contributed by atoms with Crippen LogP contribution in [0.5, 0.6) is 11.6 Å². The van der Waals surface area contributed by atoms with Crippen LogP contribution < -0.4 is 30.4 Å². The molecule has 3 aliphatic heterocycles. The summed E-state index contributed by atoms with van der Waals surface area (Å²) in [6, 6.07) is 3.32. The number of aromatic nitrogens is 1. The SMILES string of the molecule is C[C@@H]1CC/C=C\[C@@H]2C[C@@]2(C(=O)NS(=O)(=O)C2(C)CC2)NC(=O)[C@@H]2C[C@@H](Oc3nccc4c5c(ccc34)CCCO5)CN2C(=O)[C@@H](NNC(=O)OC(C)(C)C(C)(F)F)[C@H](C)C1. The number of benzene rings is 1. The molecule has 7 rings (SSSR count). The molecule has 328 valence electrons. The highest BCUT2D eigenvalue weighted by Gasteiger charge is 2.63. The average molecular weight is 859 g/mol. The van der Waals surface area contributed by atoms with Crippen molar-refractivity contribution in [2.75, 3.05) is 13.2 Å². The average Bonchev–Trinajstić information content (AvgIpc) is 4.05. The summed E-state index contributed by atoms with van der Waals surface area (Å²) in [5, 5.41) is 4.35. The van der Waals surface area contributed by atoms with Crippen LogP contribution in [0.15, 0.2) is 36.5 Å². The van der Waals surface area contributed by atoms with Gasteiger partial charge in [-0.05, 0) is 102 Å². The highest BCUT2D eigenvalue weighted by molar-refractivity contribution is 7.91. The van der Waals surface area contributed by atoms with Crippen molar-refractivity contribution in [1.82, 2.24) is 30.8 Å². The van der Waals surface area contributed by atoms with Gasteiger partial charge in [-0.1, -0.05) is 32.1 Å². The minimum atomic E-state index is -4.05. The van der Waals surface area contributed by atoms with Crippen LogP contribution in [-0.2, 0) is 35.6 Å². The fourth-order valence-electron chi connectivity index (χ4n) is 8.38. The largest absolute Gasteiger partial charge is 0.493 e. The number of hydrogen-bond acceptors (Lipinski definition) is 11. The number of amides is 4. The van der Waals surface area contributed by atoms with Crippen LogP contribution in [0, 0.1) is 17.8 Å². The number of nitrogens with zero attached hydrogens (tertiary/aromatic N) is 2. The summed E-state index contributed by atoms with van der Waals surface area (Å²) >= 11 is 0. The Labute approximate surface area is 349 Å². The highest BCUT2D eigenvalue weighted by Crippen LogP contribution is 2.48. The zero-order chi connectivity index (χ0) is 43.4. The molecule has 3 fully saturated rings. The Morgan fingerprint density at radius 1 is 1.08 bits per heavy atom. The molecular formula is C42H56F2N6O9S. The van der Waals surface area contributed by atoms with Gasteiger partial charge in [0.15, 0.2) is 5.60 Å². The Kier molecular flexibility index (Phi) is 11.6. The Balaban J connectivity index is 1.21. The highest BCUT2D eigenvalue weighted by atomic mass is 32.2. The lowest BCUT2D eigenvalue weighted by atomic mass is 9.88. The number of alkyl halides is 2. The molecule has 4 heterocycles. The third kappa shape index (κ3) is 8.63. The third-order valence-corrected chi connectivity index (χ3v) is 15.2. The number of carbonyl (C=O) groups is 4. The molecule has 4 amide bonds. The predicted molar refractivity (Wildman–Crippen MR) is 216 cm³/mol. The van der Waals surface area contributed by atoms with Crippen LogP contribution >= 0.6 is 0 Å². The van der Waals surface area contributed by atoms with Crippen molar-refractivity contribution in [3.63, 3.8) is 0 Å². The maximum Gasteiger partial charge on any atom is 0.422 e. The number of nitrogens with one attached hydrogen (secondary N) is 4. The van der Waals surface area contributed by atoms with E-state index in [1.165, 1.54) is 4.90 Å². The van der Waals surface area contributed by atoms with Gasteiger partial charge in [0.1, 0.15) is 29.5 Å². The molecule has 1 aromatic carbocycles. The van der Waals surface area contributed by atoms with Crippen molar-refractivity contribution in [3.8, 4) is 11.6 Å². The molecule has 1 saturated heterocycles. The van der Waals surface area contributed by atoms with Gasteiger partial charge in [0, 0.05) is 36.2 Å².